The van der Waals surface area contributed by atoms with Crippen molar-refractivity contribution in [2.24, 2.45) is 4.99 Å². The highest BCUT2D eigenvalue weighted by molar-refractivity contribution is 6.09. The first-order valence-electron chi connectivity index (χ1n) is 4.68. The zero-order valence-corrected chi connectivity index (χ0v) is 8.71. The number of amidine groups is 1. The molecule has 16 heavy (non-hydrogen) atoms. The van der Waals surface area contributed by atoms with Crippen molar-refractivity contribution in [2.45, 2.75) is 0 Å². The molecule has 0 saturated carbocycles. The second-order valence-corrected chi connectivity index (χ2v) is 3.06. The van der Waals surface area contributed by atoms with Gasteiger partial charge in [0.05, 0.1) is 0 Å². The molecule has 3 N–H and O–H groups in total. The van der Waals surface area contributed by atoms with Gasteiger partial charge >= 0.3 is 0 Å². The minimum atomic E-state index is 0.212. The third-order valence-corrected chi connectivity index (χ3v) is 2.00. The van der Waals surface area contributed by atoms with Crippen LogP contribution in [0.1, 0.15) is 5.69 Å². The predicted octanol–water partition coefficient (Wildman–Crippen LogP) is 1.14. The number of hydrogen-bond donors (Lipinski definition) is 2. The van der Waals surface area contributed by atoms with Crippen LogP contribution in [0.2, 0.25) is 0 Å². The van der Waals surface area contributed by atoms with Crippen LogP contribution in [-0.2, 0) is 0 Å². The molecule has 6 nitrogen and oxygen atoms in total. The van der Waals surface area contributed by atoms with Crippen molar-refractivity contribution in [3.05, 3.63) is 36.0 Å². The molecule has 0 aliphatic carbocycles. The Labute approximate surface area is 92.1 Å². The van der Waals surface area contributed by atoms with Crippen molar-refractivity contribution in [3.8, 4) is 0 Å². The topological polar surface area (TPSA) is 89.3 Å². The molecule has 0 aliphatic heterocycles. The Bertz CT molecular complexity index is 491. The van der Waals surface area contributed by atoms with E-state index in [0.29, 0.717) is 11.5 Å². The SMILES string of the molecule is CN=C(Nc1ccccc1)c1nonc1N. The number of para-hydroxylation sites is 1. The van der Waals surface area contributed by atoms with Gasteiger partial charge in [-0.2, -0.15) is 0 Å². The number of rotatable bonds is 2. The summed E-state index contributed by atoms with van der Waals surface area (Å²) >= 11 is 0. The van der Waals surface area contributed by atoms with Crippen LogP contribution in [0.5, 0.6) is 0 Å². The van der Waals surface area contributed by atoms with Crippen LogP contribution < -0.4 is 11.1 Å². The standard InChI is InChI=1S/C10H11N5O/c1-12-10(8-9(11)15-16-14-8)13-7-5-3-2-4-6-7/h2-6H,1H3,(H2,11,15)(H,12,13). The molecule has 0 aliphatic rings. The van der Waals surface area contributed by atoms with E-state index < -0.39 is 0 Å². The van der Waals surface area contributed by atoms with Gasteiger partial charge in [0.25, 0.3) is 0 Å². The summed E-state index contributed by atoms with van der Waals surface area (Å²) in [5, 5.41) is 10.3. The number of nitrogens with zero attached hydrogens (tertiary/aromatic N) is 3. The molecule has 2 rings (SSSR count). The van der Waals surface area contributed by atoms with Gasteiger partial charge in [0.1, 0.15) is 0 Å². The van der Waals surface area contributed by atoms with Crippen LogP contribution in [0.3, 0.4) is 0 Å². The van der Waals surface area contributed by atoms with Crippen LogP contribution in [-0.4, -0.2) is 23.2 Å². The minimum absolute atomic E-state index is 0.212. The Hall–Kier alpha value is -2.37. The number of nitrogens with two attached hydrogens (primary N) is 1. The van der Waals surface area contributed by atoms with E-state index >= 15 is 0 Å². The highest BCUT2D eigenvalue weighted by Gasteiger charge is 2.13. The number of anilines is 2. The van der Waals surface area contributed by atoms with E-state index in [1.54, 1.807) is 7.05 Å². The molecule has 6 heteroatoms. The van der Waals surface area contributed by atoms with Crippen LogP contribution in [0.4, 0.5) is 11.5 Å². The Morgan fingerprint density at radius 2 is 2.06 bits per heavy atom. The summed E-state index contributed by atoms with van der Waals surface area (Å²) in [6, 6.07) is 9.59. The lowest BCUT2D eigenvalue weighted by Gasteiger charge is -2.05. The van der Waals surface area contributed by atoms with Gasteiger partial charge in [-0.1, -0.05) is 18.2 Å². The molecule has 0 spiro atoms. The summed E-state index contributed by atoms with van der Waals surface area (Å²) in [7, 11) is 1.64. The van der Waals surface area contributed by atoms with Crippen LogP contribution >= 0.6 is 0 Å². The first-order valence-corrected chi connectivity index (χ1v) is 4.68. The second-order valence-electron chi connectivity index (χ2n) is 3.06. The summed E-state index contributed by atoms with van der Waals surface area (Å²) in [5.74, 6) is 0.731. The van der Waals surface area contributed by atoms with Crippen molar-refractivity contribution >= 4 is 17.3 Å². The zero-order chi connectivity index (χ0) is 11.4. The predicted molar refractivity (Wildman–Crippen MR) is 61.2 cm³/mol. The minimum Gasteiger partial charge on any atom is -0.379 e. The highest BCUT2D eigenvalue weighted by atomic mass is 16.6. The van der Waals surface area contributed by atoms with Crippen molar-refractivity contribution in [2.75, 3.05) is 18.1 Å². The molecule has 0 radical (unpaired) electrons. The number of nitrogen functional groups attached to an aromatic ring is 1. The summed E-state index contributed by atoms with van der Waals surface area (Å²) in [6.45, 7) is 0. The first-order chi connectivity index (χ1) is 7.81. The lowest BCUT2D eigenvalue weighted by molar-refractivity contribution is 0.308. The lowest BCUT2D eigenvalue weighted by atomic mass is 10.3. The molecule has 0 atom stereocenters. The van der Waals surface area contributed by atoms with E-state index in [0.717, 1.165) is 5.69 Å². The smallest absolute Gasteiger partial charge is 0.199 e. The van der Waals surface area contributed by atoms with Gasteiger partial charge in [-0.3, -0.25) is 4.99 Å². The van der Waals surface area contributed by atoms with E-state index in [2.05, 4.69) is 25.3 Å². The third-order valence-electron chi connectivity index (χ3n) is 2.00. The van der Waals surface area contributed by atoms with Crippen molar-refractivity contribution < 1.29 is 4.63 Å². The molecule has 82 valence electrons. The first kappa shape index (κ1) is 10.2. The molecule has 0 saturated heterocycles. The van der Waals surface area contributed by atoms with E-state index in [9.17, 15) is 0 Å². The molecular formula is C10H11N5O. The summed E-state index contributed by atoms with van der Waals surface area (Å²) in [5.41, 5.74) is 6.89. The maximum Gasteiger partial charge on any atom is 0.199 e. The van der Waals surface area contributed by atoms with E-state index in [1.165, 1.54) is 0 Å². The average molecular weight is 217 g/mol. The van der Waals surface area contributed by atoms with Gasteiger partial charge in [0, 0.05) is 12.7 Å². The molecule has 0 unspecified atom stereocenters. The molecule has 0 fully saturated rings. The number of hydrogen-bond acceptors (Lipinski definition) is 5. The lowest BCUT2D eigenvalue weighted by Crippen LogP contribution is -2.15. The van der Waals surface area contributed by atoms with Crippen molar-refractivity contribution in [1.29, 1.82) is 0 Å². The maximum atomic E-state index is 5.58. The summed E-state index contributed by atoms with van der Waals surface area (Å²) in [6.07, 6.45) is 0. The fourth-order valence-corrected chi connectivity index (χ4v) is 1.24. The molecule has 1 aromatic heterocycles. The molecular weight excluding hydrogens is 206 g/mol. The Balaban J connectivity index is 2.24. The Morgan fingerprint density at radius 1 is 1.31 bits per heavy atom. The maximum absolute atomic E-state index is 5.58. The molecule has 0 amide bonds. The Kier molecular flexibility index (Phi) is 2.81. The number of aromatic nitrogens is 2. The quantitative estimate of drug-likeness (QED) is 0.581. The van der Waals surface area contributed by atoms with Crippen molar-refractivity contribution in [1.82, 2.24) is 10.3 Å². The summed E-state index contributed by atoms with van der Waals surface area (Å²) < 4.78 is 4.52. The highest BCUT2D eigenvalue weighted by Crippen LogP contribution is 2.11. The molecule has 2 aromatic rings. The molecule has 1 aromatic carbocycles. The van der Waals surface area contributed by atoms with Crippen LogP contribution in [0.15, 0.2) is 40.0 Å². The monoisotopic (exact) mass is 217 g/mol. The van der Waals surface area contributed by atoms with E-state index in [-0.39, 0.29) is 5.82 Å². The normalized spacial score (nSPS) is 11.4. The van der Waals surface area contributed by atoms with E-state index in [4.69, 9.17) is 5.73 Å². The number of benzene rings is 1. The van der Waals surface area contributed by atoms with Crippen LogP contribution in [0.25, 0.3) is 0 Å². The van der Waals surface area contributed by atoms with Gasteiger partial charge in [-0.25, -0.2) is 4.63 Å². The van der Waals surface area contributed by atoms with Gasteiger partial charge < -0.3 is 11.1 Å². The molecule has 1 heterocycles. The second kappa shape index (κ2) is 4.43. The number of nitrogens with one attached hydrogen (secondary N) is 1. The molecule has 0 bridgehead atoms. The van der Waals surface area contributed by atoms with Gasteiger partial charge in [-0.05, 0) is 22.4 Å². The third kappa shape index (κ3) is 2.00. The Morgan fingerprint density at radius 3 is 2.62 bits per heavy atom. The zero-order valence-electron chi connectivity index (χ0n) is 8.71. The number of aliphatic imine (C=N–C) groups is 1. The van der Waals surface area contributed by atoms with Crippen LogP contribution in [0, 0.1) is 0 Å². The van der Waals surface area contributed by atoms with E-state index in [1.807, 2.05) is 30.3 Å². The van der Waals surface area contributed by atoms with Gasteiger partial charge in [0.15, 0.2) is 17.3 Å². The largest absolute Gasteiger partial charge is 0.379 e. The fraction of sp³-hybridized carbons (Fsp3) is 0.100. The average Bonchev–Trinajstić information content (AvgIpc) is 2.74. The summed E-state index contributed by atoms with van der Waals surface area (Å²) in [4.78, 5) is 4.05. The fourth-order valence-electron chi connectivity index (χ4n) is 1.24. The van der Waals surface area contributed by atoms with Gasteiger partial charge in [-0.15, -0.1) is 0 Å². The van der Waals surface area contributed by atoms with Crippen molar-refractivity contribution in [3.63, 3.8) is 0 Å². The van der Waals surface area contributed by atoms with Gasteiger partial charge in [0.2, 0.25) is 0 Å².